The van der Waals surface area contributed by atoms with Gasteiger partial charge >= 0.3 is 0 Å². The summed E-state index contributed by atoms with van der Waals surface area (Å²) in [5.74, 6) is 2.62. The van der Waals surface area contributed by atoms with E-state index in [1.807, 2.05) is 12.1 Å². The van der Waals surface area contributed by atoms with E-state index in [0.717, 1.165) is 18.0 Å². The van der Waals surface area contributed by atoms with Crippen LogP contribution in [0, 0.1) is 6.92 Å². The van der Waals surface area contributed by atoms with Gasteiger partial charge in [0.05, 0.1) is 21.3 Å². The van der Waals surface area contributed by atoms with Gasteiger partial charge in [0.15, 0.2) is 16.6 Å². The lowest BCUT2D eigenvalue weighted by Crippen LogP contribution is -2.30. The van der Waals surface area contributed by atoms with Crippen LogP contribution in [-0.2, 0) is 0 Å². The summed E-state index contributed by atoms with van der Waals surface area (Å²) >= 11 is 7.15. The summed E-state index contributed by atoms with van der Waals surface area (Å²) in [6.07, 6.45) is 0. The maximum Gasteiger partial charge on any atom is 0.203 e. The molecule has 0 fully saturated rings. The fourth-order valence-electron chi connectivity index (χ4n) is 2.30. The third kappa shape index (κ3) is 5.71. The summed E-state index contributed by atoms with van der Waals surface area (Å²) in [6, 6.07) is 12.1. The molecule has 0 saturated heterocycles. The molecule has 0 amide bonds. The first-order valence-corrected chi connectivity index (χ1v) is 9.51. The van der Waals surface area contributed by atoms with Crippen molar-refractivity contribution in [1.82, 2.24) is 5.32 Å². The number of ether oxygens (including phenoxy) is 3. The lowest BCUT2D eigenvalue weighted by atomic mass is 10.2. The van der Waals surface area contributed by atoms with Crippen molar-refractivity contribution in [1.29, 1.82) is 0 Å². The van der Waals surface area contributed by atoms with E-state index in [0.29, 0.717) is 22.4 Å². The highest BCUT2D eigenvalue weighted by molar-refractivity contribution is 7.99. The monoisotopic (exact) mass is 392 g/mol. The number of anilines is 1. The molecule has 0 heterocycles. The Kier molecular flexibility index (Phi) is 7.87. The molecular formula is C19H24N2O3S2. The van der Waals surface area contributed by atoms with Gasteiger partial charge in [-0.3, -0.25) is 0 Å². The average molecular weight is 393 g/mol. The van der Waals surface area contributed by atoms with Gasteiger partial charge in [0.25, 0.3) is 0 Å². The van der Waals surface area contributed by atoms with Crippen LogP contribution in [0.1, 0.15) is 5.56 Å². The first-order chi connectivity index (χ1) is 12.6. The molecule has 0 radical (unpaired) electrons. The molecule has 0 saturated carbocycles. The largest absolute Gasteiger partial charge is 0.493 e. The van der Waals surface area contributed by atoms with E-state index in [2.05, 4.69) is 41.8 Å². The molecule has 0 atom stereocenters. The van der Waals surface area contributed by atoms with Crippen LogP contribution >= 0.6 is 24.0 Å². The lowest BCUT2D eigenvalue weighted by molar-refractivity contribution is 0.324. The average Bonchev–Trinajstić information content (AvgIpc) is 2.65. The first kappa shape index (κ1) is 20.2. The van der Waals surface area contributed by atoms with Crippen LogP contribution < -0.4 is 24.8 Å². The standard InChI is InChI=1S/C19H24N2O3S2/c1-13-5-7-15(8-6-13)26-10-9-20-19(25)21-14-11-16(22-2)18(24-4)17(12-14)23-3/h5-8,11-12H,9-10H2,1-4H3,(H2,20,21,25). The Morgan fingerprint density at radius 3 is 2.15 bits per heavy atom. The van der Waals surface area contributed by atoms with Crippen LogP contribution in [0.15, 0.2) is 41.3 Å². The van der Waals surface area contributed by atoms with Gasteiger partial charge in [-0.2, -0.15) is 0 Å². The van der Waals surface area contributed by atoms with Crippen molar-refractivity contribution in [3.05, 3.63) is 42.0 Å². The summed E-state index contributed by atoms with van der Waals surface area (Å²) in [7, 11) is 4.74. The normalized spacial score (nSPS) is 10.2. The molecule has 0 bridgehead atoms. The van der Waals surface area contributed by atoms with E-state index >= 15 is 0 Å². The van der Waals surface area contributed by atoms with Crippen LogP contribution in [0.3, 0.4) is 0 Å². The molecular weight excluding hydrogens is 368 g/mol. The number of aryl methyl sites for hydroxylation is 1. The second kappa shape index (κ2) is 10.1. The Balaban J connectivity index is 1.86. The number of thioether (sulfide) groups is 1. The fraction of sp³-hybridized carbons (Fsp3) is 0.316. The zero-order valence-corrected chi connectivity index (χ0v) is 17.1. The molecule has 0 aliphatic carbocycles. The van der Waals surface area contributed by atoms with Crippen molar-refractivity contribution >= 4 is 34.8 Å². The minimum Gasteiger partial charge on any atom is -0.493 e. The maximum absolute atomic E-state index is 5.36. The van der Waals surface area contributed by atoms with Gasteiger partial charge in [-0.25, -0.2) is 0 Å². The van der Waals surface area contributed by atoms with E-state index in [9.17, 15) is 0 Å². The summed E-state index contributed by atoms with van der Waals surface area (Å²) < 4.78 is 16.0. The number of nitrogens with one attached hydrogen (secondary N) is 2. The molecule has 2 N–H and O–H groups in total. The van der Waals surface area contributed by atoms with Crippen molar-refractivity contribution in [2.75, 3.05) is 38.9 Å². The Morgan fingerprint density at radius 1 is 1.00 bits per heavy atom. The summed E-state index contributed by atoms with van der Waals surface area (Å²) in [4.78, 5) is 1.25. The van der Waals surface area contributed by atoms with Crippen molar-refractivity contribution in [3.63, 3.8) is 0 Å². The van der Waals surface area contributed by atoms with Crippen LogP contribution in [0.25, 0.3) is 0 Å². The van der Waals surface area contributed by atoms with Gasteiger partial charge in [0, 0.05) is 35.0 Å². The van der Waals surface area contributed by atoms with Crippen LogP contribution in [0.4, 0.5) is 5.69 Å². The zero-order valence-electron chi connectivity index (χ0n) is 15.4. The van der Waals surface area contributed by atoms with Crippen molar-refractivity contribution in [2.24, 2.45) is 0 Å². The molecule has 2 rings (SSSR count). The van der Waals surface area contributed by atoms with E-state index in [-0.39, 0.29) is 0 Å². The van der Waals surface area contributed by atoms with Gasteiger partial charge in [0.2, 0.25) is 5.75 Å². The molecule has 0 aliphatic rings. The maximum atomic E-state index is 5.36. The fourth-order valence-corrected chi connectivity index (χ4v) is 3.28. The van der Waals surface area contributed by atoms with E-state index in [4.69, 9.17) is 26.4 Å². The third-order valence-electron chi connectivity index (χ3n) is 3.60. The molecule has 7 heteroatoms. The molecule has 2 aromatic rings. The Bertz CT molecular complexity index is 711. The Morgan fingerprint density at radius 2 is 1.62 bits per heavy atom. The Labute approximate surface area is 164 Å². The first-order valence-electron chi connectivity index (χ1n) is 8.11. The zero-order chi connectivity index (χ0) is 18.9. The lowest BCUT2D eigenvalue weighted by Gasteiger charge is -2.16. The van der Waals surface area contributed by atoms with Crippen LogP contribution in [-0.4, -0.2) is 38.7 Å². The predicted octanol–water partition coefficient (Wildman–Crippen LogP) is 4.10. The van der Waals surface area contributed by atoms with E-state index in [1.54, 1.807) is 33.1 Å². The number of hydrogen-bond donors (Lipinski definition) is 2. The summed E-state index contributed by atoms with van der Waals surface area (Å²) in [6.45, 7) is 2.85. The third-order valence-corrected chi connectivity index (χ3v) is 4.86. The van der Waals surface area contributed by atoms with Gasteiger partial charge < -0.3 is 24.8 Å². The van der Waals surface area contributed by atoms with Crippen LogP contribution in [0.5, 0.6) is 17.2 Å². The highest BCUT2D eigenvalue weighted by atomic mass is 32.2. The molecule has 0 spiro atoms. The highest BCUT2D eigenvalue weighted by Crippen LogP contribution is 2.39. The number of hydrogen-bond acceptors (Lipinski definition) is 5. The number of benzene rings is 2. The molecule has 0 unspecified atom stereocenters. The molecule has 0 aliphatic heterocycles. The molecule has 5 nitrogen and oxygen atoms in total. The van der Waals surface area contributed by atoms with Gasteiger partial charge in [0.1, 0.15) is 0 Å². The minimum absolute atomic E-state index is 0.545. The quantitative estimate of drug-likeness (QED) is 0.398. The Hall–Kier alpha value is -2.12. The number of thiocarbonyl (C=S) groups is 1. The smallest absolute Gasteiger partial charge is 0.203 e. The molecule has 26 heavy (non-hydrogen) atoms. The van der Waals surface area contributed by atoms with Crippen molar-refractivity contribution in [3.8, 4) is 17.2 Å². The van der Waals surface area contributed by atoms with E-state index < -0.39 is 0 Å². The number of methoxy groups -OCH3 is 3. The second-order valence-corrected chi connectivity index (χ2v) is 7.03. The minimum atomic E-state index is 0.545. The topological polar surface area (TPSA) is 51.8 Å². The molecule has 140 valence electrons. The number of rotatable bonds is 8. The van der Waals surface area contributed by atoms with Gasteiger partial charge in [-0.15, -0.1) is 11.8 Å². The second-order valence-electron chi connectivity index (χ2n) is 5.46. The summed E-state index contributed by atoms with van der Waals surface area (Å²) in [5.41, 5.74) is 2.03. The highest BCUT2D eigenvalue weighted by Gasteiger charge is 2.13. The van der Waals surface area contributed by atoms with Crippen molar-refractivity contribution in [2.45, 2.75) is 11.8 Å². The van der Waals surface area contributed by atoms with Gasteiger partial charge in [-0.05, 0) is 31.3 Å². The van der Waals surface area contributed by atoms with Gasteiger partial charge in [-0.1, -0.05) is 17.7 Å². The predicted molar refractivity (Wildman–Crippen MR) is 112 cm³/mol. The van der Waals surface area contributed by atoms with Crippen molar-refractivity contribution < 1.29 is 14.2 Å². The summed E-state index contributed by atoms with van der Waals surface area (Å²) in [5, 5.41) is 6.89. The van der Waals surface area contributed by atoms with E-state index in [1.165, 1.54) is 10.5 Å². The molecule has 2 aromatic carbocycles. The SMILES string of the molecule is COc1cc(NC(=S)NCCSc2ccc(C)cc2)cc(OC)c1OC. The molecule has 0 aromatic heterocycles. The van der Waals surface area contributed by atoms with Crippen LogP contribution in [0.2, 0.25) is 0 Å².